The number of methoxy groups -OCH3 is 2. The summed E-state index contributed by atoms with van der Waals surface area (Å²) in [6, 6.07) is 21.4. The lowest BCUT2D eigenvalue weighted by Crippen LogP contribution is -2.50. The standard InChI is InChI=1S/C37H48N2O6/c1-44-32-20-12-28(13-21-32)9-5-6-26-39(36(42)11-4-3-10-35(41)29-16-22-33(45-2)23-17-29)34(27-38-24-7-8-25-38)37(43)30-14-18-31(40)19-15-30/h12-23,34,37,40,43H,3-11,24-27H2,1-2H3/t34-,37-/m1/s1. The van der Waals surface area contributed by atoms with Crippen molar-refractivity contribution in [1.82, 2.24) is 9.80 Å². The highest BCUT2D eigenvalue weighted by Crippen LogP contribution is 2.27. The third kappa shape index (κ3) is 10.3. The molecular formula is C37H48N2O6. The number of phenolic OH excluding ortho intramolecular Hbond substituents is 1. The Morgan fingerprint density at radius 3 is 2.02 bits per heavy atom. The van der Waals surface area contributed by atoms with Crippen molar-refractivity contribution in [3.05, 3.63) is 89.5 Å². The molecule has 0 spiro atoms. The summed E-state index contributed by atoms with van der Waals surface area (Å²) in [6.45, 7) is 3.02. The van der Waals surface area contributed by atoms with E-state index in [9.17, 15) is 19.8 Å². The third-order valence-corrected chi connectivity index (χ3v) is 8.69. The molecule has 3 aromatic rings. The first kappa shape index (κ1) is 34.0. The molecule has 3 aromatic carbocycles. The molecule has 1 aliphatic heterocycles. The third-order valence-electron chi connectivity index (χ3n) is 8.69. The molecule has 1 fully saturated rings. The molecular weight excluding hydrogens is 568 g/mol. The zero-order valence-electron chi connectivity index (χ0n) is 26.7. The van der Waals surface area contributed by atoms with Crippen LogP contribution in [0.3, 0.4) is 0 Å². The average molecular weight is 617 g/mol. The van der Waals surface area contributed by atoms with Crippen LogP contribution in [-0.4, -0.2) is 78.1 Å². The van der Waals surface area contributed by atoms with Crippen molar-refractivity contribution in [3.63, 3.8) is 0 Å². The molecule has 0 aromatic heterocycles. The molecule has 0 bridgehead atoms. The summed E-state index contributed by atoms with van der Waals surface area (Å²) >= 11 is 0. The predicted octanol–water partition coefficient (Wildman–Crippen LogP) is 6.20. The van der Waals surface area contributed by atoms with Crippen molar-refractivity contribution in [2.24, 2.45) is 0 Å². The fourth-order valence-corrected chi connectivity index (χ4v) is 6.00. The van der Waals surface area contributed by atoms with Crippen molar-refractivity contribution in [2.45, 2.75) is 69.9 Å². The second-order valence-corrected chi connectivity index (χ2v) is 11.9. The number of nitrogens with zero attached hydrogens (tertiary/aromatic N) is 2. The van der Waals surface area contributed by atoms with Gasteiger partial charge in [0.1, 0.15) is 23.4 Å². The van der Waals surface area contributed by atoms with Crippen molar-refractivity contribution in [2.75, 3.05) is 40.4 Å². The van der Waals surface area contributed by atoms with E-state index < -0.39 is 12.1 Å². The number of unbranched alkanes of at least 4 members (excludes halogenated alkanes) is 2. The molecule has 2 N–H and O–H groups in total. The molecule has 0 aliphatic carbocycles. The summed E-state index contributed by atoms with van der Waals surface area (Å²) in [5, 5.41) is 21.5. The van der Waals surface area contributed by atoms with Gasteiger partial charge in [0.05, 0.1) is 20.3 Å². The van der Waals surface area contributed by atoms with Gasteiger partial charge in [-0.2, -0.15) is 0 Å². The summed E-state index contributed by atoms with van der Waals surface area (Å²) in [7, 11) is 3.25. The summed E-state index contributed by atoms with van der Waals surface area (Å²) in [5.74, 6) is 1.72. The number of likely N-dealkylation sites (tertiary alicyclic amines) is 1. The molecule has 0 unspecified atom stereocenters. The topological polar surface area (TPSA) is 99.5 Å². The molecule has 1 aliphatic rings. The van der Waals surface area contributed by atoms with Crippen LogP contribution in [0.1, 0.15) is 79.0 Å². The van der Waals surface area contributed by atoms with Crippen molar-refractivity contribution >= 4 is 11.7 Å². The van der Waals surface area contributed by atoms with E-state index in [-0.39, 0.29) is 17.4 Å². The number of benzene rings is 3. The van der Waals surface area contributed by atoms with Crippen molar-refractivity contribution in [1.29, 1.82) is 0 Å². The van der Waals surface area contributed by atoms with Crippen LogP contribution in [0.4, 0.5) is 0 Å². The van der Waals surface area contributed by atoms with Gasteiger partial charge in [0.15, 0.2) is 5.78 Å². The zero-order chi connectivity index (χ0) is 32.0. The molecule has 0 saturated carbocycles. The van der Waals surface area contributed by atoms with Gasteiger partial charge in [0.25, 0.3) is 0 Å². The number of ketones is 1. The number of aromatic hydroxyl groups is 1. The number of amides is 1. The molecule has 1 saturated heterocycles. The van der Waals surface area contributed by atoms with Crippen LogP contribution in [0.2, 0.25) is 0 Å². The number of phenols is 1. The molecule has 45 heavy (non-hydrogen) atoms. The van der Waals surface area contributed by atoms with E-state index in [0.717, 1.165) is 50.9 Å². The number of carbonyl (C=O) groups excluding carboxylic acids is 2. The maximum atomic E-state index is 13.9. The van der Waals surface area contributed by atoms with Gasteiger partial charge >= 0.3 is 0 Å². The first-order chi connectivity index (χ1) is 21.9. The number of ether oxygens (including phenoxy) is 2. The summed E-state index contributed by atoms with van der Waals surface area (Å²) in [4.78, 5) is 30.9. The van der Waals surface area contributed by atoms with E-state index in [1.165, 1.54) is 5.56 Å². The van der Waals surface area contributed by atoms with Gasteiger partial charge in [-0.15, -0.1) is 0 Å². The lowest BCUT2D eigenvalue weighted by atomic mass is 9.98. The number of carbonyl (C=O) groups is 2. The van der Waals surface area contributed by atoms with Crippen LogP contribution >= 0.6 is 0 Å². The Morgan fingerprint density at radius 1 is 0.800 bits per heavy atom. The molecule has 242 valence electrons. The van der Waals surface area contributed by atoms with Crippen LogP contribution in [0, 0.1) is 0 Å². The Bertz CT molecular complexity index is 1320. The van der Waals surface area contributed by atoms with Gasteiger partial charge in [-0.25, -0.2) is 0 Å². The first-order valence-electron chi connectivity index (χ1n) is 16.2. The number of aryl methyl sites for hydroxylation is 1. The van der Waals surface area contributed by atoms with Crippen LogP contribution in [-0.2, 0) is 11.2 Å². The Hall–Kier alpha value is -3.88. The lowest BCUT2D eigenvalue weighted by molar-refractivity contribution is -0.137. The maximum Gasteiger partial charge on any atom is 0.222 e. The number of aliphatic hydroxyl groups is 1. The van der Waals surface area contributed by atoms with Crippen LogP contribution in [0.15, 0.2) is 72.8 Å². The predicted molar refractivity (Wildman–Crippen MR) is 176 cm³/mol. The molecule has 1 amide bonds. The highest BCUT2D eigenvalue weighted by Gasteiger charge is 2.32. The fraction of sp³-hybridized carbons (Fsp3) is 0.459. The molecule has 4 rings (SSSR count). The molecule has 8 nitrogen and oxygen atoms in total. The first-order valence-corrected chi connectivity index (χ1v) is 16.2. The van der Waals surface area contributed by atoms with Gasteiger partial charge in [-0.05, 0) is 118 Å². The van der Waals surface area contributed by atoms with Crippen molar-refractivity contribution < 1.29 is 29.3 Å². The van der Waals surface area contributed by atoms with E-state index in [2.05, 4.69) is 17.0 Å². The van der Waals surface area contributed by atoms with Crippen molar-refractivity contribution in [3.8, 4) is 17.2 Å². The molecule has 2 atom stereocenters. The SMILES string of the molecule is COc1ccc(CCCCN(C(=O)CCCCC(=O)c2ccc(OC)cc2)[C@H](CN2CCCC2)[C@H](O)c2ccc(O)cc2)cc1. The number of hydrogen-bond donors (Lipinski definition) is 2. The van der Waals surface area contributed by atoms with E-state index in [1.807, 2.05) is 17.0 Å². The lowest BCUT2D eigenvalue weighted by Gasteiger charge is -2.38. The second-order valence-electron chi connectivity index (χ2n) is 11.9. The Labute approximate surface area is 267 Å². The molecule has 0 radical (unpaired) electrons. The van der Waals surface area contributed by atoms with Crippen LogP contribution < -0.4 is 9.47 Å². The van der Waals surface area contributed by atoms with Crippen LogP contribution in [0.5, 0.6) is 17.2 Å². The van der Waals surface area contributed by atoms with E-state index >= 15 is 0 Å². The minimum Gasteiger partial charge on any atom is -0.508 e. The van der Waals surface area contributed by atoms with E-state index in [1.54, 1.807) is 62.8 Å². The van der Waals surface area contributed by atoms with Gasteiger partial charge in [0, 0.05) is 31.5 Å². The highest BCUT2D eigenvalue weighted by atomic mass is 16.5. The molecule has 8 heteroatoms. The highest BCUT2D eigenvalue weighted by molar-refractivity contribution is 5.96. The monoisotopic (exact) mass is 616 g/mol. The van der Waals surface area contributed by atoms with Gasteiger partial charge in [0.2, 0.25) is 5.91 Å². The summed E-state index contributed by atoms with van der Waals surface area (Å²) in [5.41, 5.74) is 2.54. The maximum absolute atomic E-state index is 13.9. The average Bonchev–Trinajstić information content (AvgIpc) is 3.59. The normalized spacial score (nSPS) is 14.6. The smallest absolute Gasteiger partial charge is 0.222 e. The Morgan fingerprint density at radius 2 is 1.40 bits per heavy atom. The van der Waals surface area contributed by atoms with E-state index in [4.69, 9.17) is 9.47 Å². The van der Waals surface area contributed by atoms with E-state index in [0.29, 0.717) is 55.6 Å². The van der Waals surface area contributed by atoms with Gasteiger partial charge in [-0.1, -0.05) is 24.3 Å². The number of Topliss-reactive ketones (excluding diaryl/α,β-unsaturated/α-hetero) is 1. The summed E-state index contributed by atoms with van der Waals surface area (Å²) in [6.07, 6.45) is 5.80. The number of aliphatic hydroxyl groups excluding tert-OH is 1. The summed E-state index contributed by atoms with van der Waals surface area (Å²) < 4.78 is 10.5. The largest absolute Gasteiger partial charge is 0.508 e. The van der Waals surface area contributed by atoms with Gasteiger partial charge < -0.3 is 29.5 Å². The van der Waals surface area contributed by atoms with Gasteiger partial charge in [-0.3, -0.25) is 9.59 Å². The number of hydrogen-bond acceptors (Lipinski definition) is 7. The Kier molecular flexibility index (Phi) is 13.3. The van der Waals surface area contributed by atoms with Crippen LogP contribution in [0.25, 0.3) is 0 Å². The zero-order valence-corrected chi connectivity index (χ0v) is 26.7. The Balaban J connectivity index is 1.43. The second kappa shape index (κ2) is 17.6. The molecule has 1 heterocycles. The fourth-order valence-electron chi connectivity index (χ4n) is 6.00. The quantitative estimate of drug-likeness (QED) is 0.130. The minimum atomic E-state index is -0.895. The number of rotatable bonds is 18. The minimum absolute atomic E-state index is 0.00151.